The van der Waals surface area contributed by atoms with E-state index in [0.717, 1.165) is 9.87 Å². The van der Waals surface area contributed by atoms with Gasteiger partial charge < -0.3 is 15.0 Å². The van der Waals surface area contributed by atoms with Crippen molar-refractivity contribution in [1.29, 1.82) is 0 Å². The number of anilines is 1. The van der Waals surface area contributed by atoms with Crippen molar-refractivity contribution in [3.05, 3.63) is 123 Å². The van der Waals surface area contributed by atoms with Gasteiger partial charge in [0.25, 0.3) is 10.0 Å². The maximum Gasteiger partial charge on any atom is 0.264 e. The highest BCUT2D eigenvalue weighted by Crippen LogP contribution is 2.33. The van der Waals surface area contributed by atoms with Crippen molar-refractivity contribution in [2.24, 2.45) is 5.92 Å². The Kier molecular flexibility index (Phi) is 13.2. The van der Waals surface area contributed by atoms with Gasteiger partial charge in [0.1, 0.15) is 18.3 Å². The molecule has 0 aliphatic heterocycles. The number of nitrogens with one attached hydrogen (secondary N) is 1. The van der Waals surface area contributed by atoms with E-state index < -0.39 is 28.5 Å². The standard InChI is InChI=1S/C36H38Cl3N3O5S/c1-4-47-34-13-9-8-12-32(34)42(48(45,46)29-17-15-28(37)16-18-29)24-35(43)41(23-27-14-19-30(38)31(39)20-27)33(36(44)40-22-25(2)3)21-26-10-6-5-7-11-26/h5-20,25,33H,4,21-24H2,1-3H3,(H,40,44)/t33-/m1/s1. The third-order valence-corrected chi connectivity index (χ3v) is 10.2. The zero-order valence-electron chi connectivity index (χ0n) is 26.9. The first-order valence-electron chi connectivity index (χ1n) is 15.5. The Hall–Kier alpha value is -3.76. The van der Waals surface area contributed by atoms with E-state index in [1.165, 1.54) is 29.2 Å². The summed E-state index contributed by atoms with van der Waals surface area (Å²) in [5.41, 5.74) is 1.59. The van der Waals surface area contributed by atoms with Crippen LogP contribution in [0.5, 0.6) is 5.75 Å². The lowest BCUT2D eigenvalue weighted by molar-refractivity contribution is -0.140. The van der Waals surface area contributed by atoms with Crippen LogP contribution < -0.4 is 14.4 Å². The van der Waals surface area contributed by atoms with Gasteiger partial charge >= 0.3 is 0 Å². The van der Waals surface area contributed by atoms with Crippen molar-refractivity contribution in [3.8, 4) is 5.75 Å². The number of carbonyl (C=O) groups is 2. The molecule has 0 aromatic heterocycles. The molecule has 254 valence electrons. The highest BCUT2D eigenvalue weighted by Gasteiger charge is 2.35. The van der Waals surface area contributed by atoms with Crippen LogP contribution in [0.2, 0.25) is 15.1 Å². The van der Waals surface area contributed by atoms with E-state index in [1.807, 2.05) is 44.2 Å². The van der Waals surface area contributed by atoms with Gasteiger partial charge in [-0.15, -0.1) is 0 Å². The minimum atomic E-state index is -4.34. The van der Waals surface area contributed by atoms with Gasteiger partial charge in [-0.25, -0.2) is 8.42 Å². The van der Waals surface area contributed by atoms with Crippen molar-refractivity contribution < 1.29 is 22.7 Å². The predicted octanol–water partition coefficient (Wildman–Crippen LogP) is 7.65. The maximum absolute atomic E-state index is 14.7. The lowest BCUT2D eigenvalue weighted by Gasteiger charge is -2.34. The van der Waals surface area contributed by atoms with Gasteiger partial charge in [-0.1, -0.05) is 97.2 Å². The molecule has 0 fully saturated rings. The molecule has 8 nitrogen and oxygen atoms in total. The molecular formula is C36H38Cl3N3O5S. The summed E-state index contributed by atoms with van der Waals surface area (Å²) in [6, 6.07) is 25.6. The van der Waals surface area contributed by atoms with Crippen LogP contribution in [-0.4, -0.2) is 50.9 Å². The second-order valence-electron chi connectivity index (χ2n) is 11.5. The molecule has 0 aliphatic rings. The summed E-state index contributed by atoms with van der Waals surface area (Å²) in [6.45, 7) is 5.68. The fourth-order valence-corrected chi connectivity index (χ4v) is 6.87. The molecular weight excluding hydrogens is 693 g/mol. The van der Waals surface area contributed by atoms with Gasteiger partial charge in [0.05, 0.1) is 27.2 Å². The average molecular weight is 731 g/mol. The Morgan fingerprint density at radius 1 is 0.833 bits per heavy atom. The number of hydrogen-bond acceptors (Lipinski definition) is 5. The van der Waals surface area contributed by atoms with Crippen LogP contribution in [-0.2, 0) is 32.6 Å². The highest BCUT2D eigenvalue weighted by molar-refractivity contribution is 7.92. The summed E-state index contributed by atoms with van der Waals surface area (Å²) in [4.78, 5) is 29.9. The number of nitrogens with zero attached hydrogens (tertiary/aromatic N) is 2. The lowest BCUT2D eigenvalue weighted by atomic mass is 10.0. The molecule has 4 aromatic rings. The molecule has 0 heterocycles. The molecule has 0 saturated heterocycles. The highest BCUT2D eigenvalue weighted by atomic mass is 35.5. The van der Waals surface area contributed by atoms with Crippen LogP contribution in [0.25, 0.3) is 0 Å². The number of benzene rings is 4. The maximum atomic E-state index is 14.7. The summed E-state index contributed by atoms with van der Waals surface area (Å²) in [5, 5.41) is 3.94. The first-order valence-corrected chi connectivity index (χ1v) is 18.0. The van der Waals surface area contributed by atoms with Crippen molar-refractivity contribution in [2.45, 2.75) is 44.7 Å². The minimum absolute atomic E-state index is 0.0513. The third-order valence-electron chi connectivity index (χ3n) is 7.41. The summed E-state index contributed by atoms with van der Waals surface area (Å²) in [6.07, 6.45) is 0.178. The van der Waals surface area contributed by atoms with Gasteiger partial charge in [-0.05, 0) is 72.5 Å². The molecule has 4 aromatic carbocycles. The van der Waals surface area contributed by atoms with Crippen molar-refractivity contribution in [1.82, 2.24) is 10.2 Å². The summed E-state index contributed by atoms with van der Waals surface area (Å²) in [7, 11) is -4.34. The number of amides is 2. The summed E-state index contributed by atoms with van der Waals surface area (Å²) < 4.78 is 35.4. The third kappa shape index (κ3) is 9.66. The van der Waals surface area contributed by atoms with Crippen LogP contribution in [0.1, 0.15) is 31.9 Å². The molecule has 0 saturated carbocycles. The molecule has 0 unspecified atom stereocenters. The monoisotopic (exact) mass is 729 g/mol. The van der Waals surface area contributed by atoms with E-state index in [0.29, 0.717) is 22.2 Å². The molecule has 1 N–H and O–H groups in total. The number of carbonyl (C=O) groups excluding carboxylic acids is 2. The van der Waals surface area contributed by atoms with Crippen LogP contribution in [0.4, 0.5) is 5.69 Å². The molecule has 2 amide bonds. The van der Waals surface area contributed by atoms with Gasteiger partial charge in [0.2, 0.25) is 11.8 Å². The fourth-order valence-electron chi connectivity index (χ4n) is 5.00. The molecule has 1 atom stereocenters. The molecule has 48 heavy (non-hydrogen) atoms. The molecule has 0 radical (unpaired) electrons. The number of ether oxygens (including phenoxy) is 1. The quantitative estimate of drug-likeness (QED) is 0.136. The number of para-hydroxylation sites is 2. The van der Waals surface area contributed by atoms with Gasteiger partial charge in [0.15, 0.2) is 0 Å². The Balaban J connectivity index is 1.85. The lowest BCUT2D eigenvalue weighted by Crippen LogP contribution is -2.53. The van der Waals surface area contributed by atoms with Crippen LogP contribution >= 0.6 is 34.8 Å². The largest absolute Gasteiger partial charge is 0.492 e. The van der Waals surface area contributed by atoms with E-state index in [9.17, 15) is 18.0 Å². The summed E-state index contributed by atoms with van der Waals surface area (Å²) in [5.74, 6) is -0.564. The van der Waals surface area contributed by atoms with Crippen molar-refractivity contribution in [3.63, 3.8) is 0 Å². The van der Waals surface area contributed by atoms with E-state index >= 15 is 0 Å². The number of hydrogen-bond donors (Lipinski definition) is 1. The van der Waals surface area contributed by atoms with Gasteiger partial charge in [-0.3, -0.25) is 13.9 Å². The zero-order valence-corrected chi connectivity index (χ0v) is 30.0. The van der Waals surface area contributed by atoms with E-state index in [-0.39, 0.29) is 52.8 Å². The van der Waals surface area contributed by atoms with E-state index in [4.69, 9.17) is 39.5 Å². The normalized spacial score (nSPS) is 12.0. The van der Waals surface area contributed by atoms with Gasteiger partial charge in [-0.2, -0.15) is 0 Å². The summed E-state index contributed by atoms with van der Waals surface area (Å²) >= 11 is 18.6. The first-order chi connectivity index (χ1) is 22.9. The van der Waals surface area contributed by atoms with Gasteiger partial charge in [0, 0.05) is 24.5 Å². The molecule has 0 aliphatic carbocycles. The average Bonchev–Trinajstić information content (AvgIpc) is 3.06. The Morgan fingerprint density at radius 3 is 2.15 bits per heavy atom. The molecule has 12 heteroatoms. The Bertz CT molecular complexity index is 1810. The predicted molar refractivity (Wildman–Crippen MR) is 192 cm³/mol. The SMILES string of the molecule is CCOc1ccccc1N(CC(=O)N(Cc1ccc(Cl)c(Cl)c1)[C@H](Cc1ccccc1)C(=O)NCC(C)C)S(=O)(=O)c1ccc(Cl)cc1. The second-order valence-corrected chi connectivity index (χ2v) is 14.6. The van der Waals surface area contributed by atoms with Crippen molar-refractivity contribution in [2.75, 3.05) is 24.0 Å². The molecule has 0 bridgehead atoms. The molecule has 4 rings (SSSR count). The number of sulfonamides is 1. The topological polar surface area (TPSA) is 96.0 Å². The zero-order chi connectivity index (χ0) is 34.8. The number of halogens is 3. The number of rotatable bonds is 15. The van der Waals surface area contributed by atoms with Crippen LogP contribution in [0.15, 0.2) is 102 Å². The smallest absolute Gasteiger partial charge is 0.264 e. The van der Waals surface area contributed by atoms with Crippen LogP contribution in [0.3, 0.4) is 0 Å². The molecule has 0 spiro atoms. The first kappa shape index (κ1) is 37.1. The van der Waals surface area contributed by atoms with Crippen molar-refractivity contribution >= 4 is 62.3 Å². The Morgan fingerprint density at radius 2 is 1.50 bits per heavy atom. The second kappa shape index (κ2) is 17.1. The fraction of sp³-hybridized carbons (Fsp3) is 0.278. The van der Waals surface area contributed by atoms with Crippen LogP contribution in [0, 0.1) is 5.92 Å². The Labute approximate surface area is 297 Å². The minimum Gasteiger partial charge on any atom is -0.492 e. The van der Waals surface area contributed by atoms with E-state index in [2.05, 4.69) is 5.32 Å². The van der Waals surface area contributed by atoms with E-state index in [1.54, 1.807) is 49.4 Å².